The lowest BCUT2D eigenvalue weighted by Gasteiger charge is -2.09. The highest BCUT2D eigenvalue weighted by molar-refractivity contribution is 7.89. The molecule has 1 aromatic heterocycles. The van der Waals surface area contributed by atoms with Crippen molar-refractivity contribution in [1.29, 1.82) is 0 Å². The molecule has 0 fully saturated rings. The SMILES string of the molecule is CCc1ccccc1CNS(=O)(=O)c1csc(CNC)c1. The van der Waals surface area contributed by atoms with Crippen LogP contribution in [0.5, 0.6) is 0 Å². The highest BCUT2D eigenvalue weighted by atomic mass is 32.2. The van der Waals surface area contributed by atoms with Crippen LogP contribution >= 0.6 is 11.3 Å². The molecule has 0 saturated carbocycles. The van der Waals surface area contributed by atoms with Gasteiger partial charge in [-0.25, -0.2) is 13.1 Å². The van der Waals surface area contributed by atoms with Crippen LogP contribution in [0.3, 0.4) is 0 Å². The minimum atomic E-state index is -3.45. The van der Waals surface area contributed by atoms with Crippen LogP contribution in [0.15, 0.2) is 40.6 Å². The fourth-order valence-electron chi connectivity index (χ4n) is 2.10. The third-order valence-corrected chi connectivity index (χ3v) is 5.71. The first-order valence-corrected chi connectivity index (χ1v) is 9.21. The lowest BCUT2D eigenvalue weighted by atomic mass is 10.1. The summed E-state index contributed by atoms with van der Waals surface area (Å²) >= 11 is 1.45. The van der Waals surface area contributed by atoms with Gasteiger partial charge in [-0.3, -0.25) is 0 Å². The molecule has 4 nitrogen and oxygen atoms in total. The zero-order chi connectivity index (χ0) is 15.3. The van der Waals surface area contributed by atoms with Gasteiger partial charge in [0.1, 0.15) is 0 Å². The molecule has 0 unspecified atom stereocenters. The molecule has 2 aromatic rings. The van der Waals surface area contributed by atoms with Gasteiger partial charge in [-0.1, -0.05) is 31.2 Å². The van der Waals surface area contributed by atoms with E-state index in [1.807, 2.05) is 31.3 Å². The van der Waals surface area contributed by atoms with E-state index in [9.17, 15) is 8.42 Å². The lowest BCUT2D eigenvalue weighted by Crippen LogP contribution is -2.23. The largest absolute Gasteiger partial charge is 0.315 e. The van der Waals surface area contributed by atoms with Gasteiger partial charge in [-0.2, -0.15) is 0 Å². The summed E-state index contributed by atoms with van der Waals surface area (Å²) in [5.74, 6) is 0. The van der Waals surface area contributed by atoms with Gasteiger partial charge in [0.05, 0.1) is 4.90 Å². The van der Waals surface area contributed by atoms with Crippen molar-refractivity contribution in [3.8, 4) is 0 Å². The van der Waals surface area contributed by atoms with Crippen LogP contribution in [0, 0.1) is 0 Å². The Morgan fingerprint density at radius 1 is 1.14 bits per heavy atom. The molecular weight excluding hydrogens is 304 g/mol. The average Bonchev–Trinajstić information content (AvgIpc) is 2.95. The predicted octanol–water partition coefficient (Wildman–Crippen LogP) is 2.51. The first-order chi connectivity index (χ1) is 10.1. The number of aryl methyl sites for hydroxylation is 1. The van der Waals surface area contributed by atoms with Gasteiger partial charge in [0.15, 0.2) is 0 Å². The van der Waals surface area contributed by atoms with Gasteiger partial charge < -0.3 is 5.32 Å². The Kier molecular flexibility index (Phi) is 5.52. The second-order valence-corrected chi connectivity index (χ2v) is 7.49. The van der Waals surface area contributed by atoms with E-state index in [-0.39, 0.29) is 0 Å². The Bertz CT molecular complexity index is 693. The van der Waals surface area contributed by atoms with Crippen LogP contribution in [0.1, 0.15) is 22.9 Å². The van der Waals surface area contributed by atoms with E-state index in [0.717, 1.165) is 16.9 Å². The molecule has 0 saturated heterocycles. The van der Waals surface area contributed by atoms with Crippen molar-refractivity contribution in [3.05, 3.63) is 51.7 Å². The van der Waals surface area contributed by atoms with E-state index in [0.29, 0.717) is 18.0 Å². The van der Waals surface area contributed by atoms with Gasteiger partial charge in [0.25, 0.3) is 0 Å². The maximum absolute atomic E-state index is 12.3. The van der Waals surface area contributed by atoms with E-state index in [1.165, 1.54) is 16.9 Å². The molecule has 1 aromatic carbocycles. The first kappa shape index (κ1) is 16.2. The topological polar surface area (TPSA) is 58.2 Å². The van der Waals surface area contributed by atoms with Gasteiger partial charge >= 0.3 is 0 Å². The first-order valence-electron chi connectivity index (χ1n) is 6.85. The Hall–Kier alpha value is -1.21. The second-order valence-electron chi connectivity index (χ2n) is 4.73. The molecular formula is C15H20N2O2S2. The molecule has 0 atom stereocenters. The standard InChI is InChI=1S/C15H20N2O2S2/c1-3-12-6-4-5-7-13(12)9-17-21(18,19)15-8-14(10-16-2)20-11-15/h4-8,11,16-17H,3,9-10H2,1-2H3. The summed E-state index contributed by atoms with van der Waals surface area (Å²) in [7, 11) is -1.61. The second kappa shape index (κ2) is 7.17. The van der Waals surface area contributed by atoms with Crippen molar-refractivity contribution in [2.24, 2.45) is 0 Å². The summed E-state index contributed by atoms with van der Waals surface area (Å²) in [6, 6.07) is 9.61. The van der Waals surface area contributed by atoms with Crippen molar-refractivity contribution in [2.75, 3.05) is 7.05 Å². The van der Waals surface area contributed by atoms with Crippen LogP contribution in [0.2, 0.25) is 0 Å². The zero-order valence-electron chi connectivity index (χ0n) is 12.2. The van der Waals surface area contributed by atoms with Crippen molar-refractivity contribution < 1.29 is 8.42 Å². The van der Waals surface area contributed by atoms with Crippen LogP contribution in [0.25, 0.3) is 0 Å². The number of thiophene rings is 1. The summed E-state index contributed by atoms with van der Waals surface area (Å²) < 4.78 is 27.3. The van der Waals surface area contributed by atoms with Crippen LogP contribution in [0.4, 0.5) is 0 Å². The van der Waals surface area contributed by atoms with Gasteiger partial charge in [0, 0.05) is 23.3 Å². The molecule has 114 valence electrons. The van der Waals surface area contributed by atoms with E-state index in [1.54, 1.807) is 11.4 Å². The Morgan fingerprint density at radius 2 is 1.86 bits per heavy atom. The fourth-order valence-corrected chi connectivity index (χ4v) is 4.39. The predicted molar refractivity (Wildman–Crippen MR) is 86.9 cm³/mol. The minimum Gasteiger partial charge on any atom is -0.315 e. The molecule has 6 heteroatoms. The fraction of sp³-hybridized carbons (Fsp3) is 0.333. The summed E-state index contributed by atoms with van der Waals surface area (Å²) in [6.07, 6.45) is 0.892. The van der Waals surface area contributed by atoms with Crippen molar-refractivity contribution in [1.82, 2.24) is 10.0 Å². The van der Waals surface area contributed by atoms with Crippen LogP contribution in [-0.2, 0) is 29.5 Å². The summed E-state index contributed by atoms with van der Waals surface area (Å²) in [6.45, 7) is 3.07. The number of hydrogen-bond acceptors (Lipinski definition) is 4. The monoisotopic (exact) mass is 324 g/mol. The van der Waals surface area contributed by atoms with E-state index < -0.39 is 10.0 Å². The zero-order valence-corrected chi connectivity index (χ0v) is 13.9. The Labute approximate surface area is 130 Å². The third kappa shape index (κ3) is 4.14. The van der Waals surface area contributed by atoms with Gasteiger partial charge in [-0.15, -0.1) is 11.3 Å². The Morgan fingerprint density at radius 3 is 2.52 bits per heavy atom. The molecule has 0 aliphatic rings. The van der Waals surface area contributed by atoms with Gasteiger partial charge in [-0.05, 0) is 30.7 Å². The molecule has 0 aliphatic heterocycles. The van der Waals surface area contributed by atoms with Crippen LogP contribution < -0.4 is 10.0 Å². The normalized spacial score (nSPS) is 11.7. The molecule has 0 radical (unpaired) electrons. The molecule has 0 spiro atoms. The number of sulfonamides is 1. The van der Waals surface area contributed by atoms with Crippen LogP contribution in [-0.4, -0.2) is 15.5 Å². The summed E-state index contributed by atoms with van der Waals surface area (Å²) in [5.41, 5.74) is 2.19. The van der Waals surface area contributed by atoms with E-state index >= 15 is 0 Å². The smallest absolute Gasteiger partial charge is 0.241 e. The average molecular weight is 324 g/mol. The molecule has 0 aliphatic carbocycles. The molecule has 2 N–H and O–H groups in total. The number of rotatable bonds is 7. The highest BCUT2D eigenvalue weighted by Gasteiger charge is 2.16. The van der Waals surface area contributed by atoms with E-state index in [4.69, 9.17) is 0 Å². The summed E-state index contributed by atoms with van der Waals surface area (Å²) in [5, 5.41) is 4.70. The van der Waals surface area contributed by atoms with Crippen molar-refractivity contribution >= 4 is 21.4 Å². The maximum atomic E-state index is 12.3. The molecule has 21 heavy (non-hydrogen) atoms. The lowest BCUT2D eigenvalue weighted by molar-refractivity contribution is 0.581. The molecule has 0 amide bonds. The Balaban J connectivity index is 2.10. The van der Waals surface area contributed by atoms with Crippen molar-refractivity contribution in [2.45, 2.75) is 31.3 Å². The maximum Gasteiger partial charge on any atom is 0.241 e. The van der Waals surface area contributed by atoms with Crippen molar-refractivity contribution in [3.63, 3.8) is 0 Å². The number of nitrogens with one attached hydrogen (secondary N) is 2. The molecule has 1 heterocycles. The van der Waals surface area contributed by atoms with Gasteiger partial charge in [0.2, 0.25) is 10.0 Å². The van der Waals surface area contributed by atoms with E-state index in [2.05, 4.69) is 17.0 Å². The number of hydrogen-bond donors (Lipinski definition) is 2. The minimum absolute atomic E-state index is 0.323. The molecule has 0 bridgehead atoms. The molecule has 2 rings (SSSR count). The number of benzene rings is 1. The highest BCUT2D eigenvalue weighted by Crippen LogP contribution is 2.19. The quantitative estimate of drug-likeness (QED) is 0.823. The summed E-state index contributed by atoms with van der Waals surface area (Å²) in [4.78, 5) is 1.35. The third-order valence-electron chi connectivity index (χ3n) is 3.24.